The fraction of sp³-hybridized carbons (Fsp3) is 0.417. The molecule has 1 aliphatic rings. The summed E-state index contributed by atoms with van der Waals surface area (Å²) in [5.74, 6) is 4.18. The molecule has 0 saturated carbocycles. The van der Waals surface area contributed by atoms with Crippen molar-refractivity contribution in [2.75, 3.05) is 11.5 Å². The highest BCUT2D eigenvalue weighted by Gasteiger charge is 2.27. The Morgan fingerprint density at radius 2 is 2.41 bits per heavy atom. The van der Waals surface area contributed by atoms with Crippen LogP contribution in [-0.2, 0) is 14.3 Å². The molecule has 0 spiro atoms. The van der Waals surface area contributed by atoms with Gasteiger partial charge in [0.2, 0.25) is 0 Å². The molecular weight excluding hydrogens is 238 g/mol. The molecule has 92 valence electrons. The van der Waals surface area contributed by atoms with Crippen LogP contribution in [0.5, 0.6) is 0 Å². The average Bonchev–Trinajstić information content (AvgIpc) is 2.58. The third-order valence-electron chi connectivity index (χ3n) is 2.71. The summed E-state index contributed by atoms with van der Waals surface area (Å²) in [6.45, 7) is 1.81. The number of esters is 1. The second-order valence-corrected chi connectivity index (χ2v) is 7.01. The van der Waals surface area contributed by atoms with Gasteiger partial charge in [0.25, 0.3) is 0 Å². The minimum Gasteiger partial charge on any atom is -0.458 e. The smallest absolute Gasteiger partial charge is 0.338 e. The third-order valence-corrected chi connectivity index (χ3v) is 4.67. The van der Waals surface area contributed by atoms with Crippen LogP contribution in [0, 0.1) is 6.92 Å². The molecule has 2 rings (SSSR count). The van der Waals surface area contributed by atoms with Crippen LogP contribution in [0.1, 0.15) is 22.5 Å². The summed E-state index contributed by atoms with van der Waals surface area (Å²) >= 11 is 0. The summed E-state index contributed by atoms with van der Waals surface area (Å²) in [5.41, 5.74) is 1.26. The van der Waals surface area contributed by atoms with E-state index in [9.17, 15) is 9.00 Å². The predicted octanol–water partition coefficient (Wildman–Crippen LogP) is 1.04. The van der Waals surface area contributed by atoms with Crippen molar-refractivity contribution in [2.24, 2.45) is 0 Å². The Kier molecular flexibility index (Phi) is 3.19. The van der Waals surface area contributed by atoms with Crippen molar-refractivity contribution in [3.8, 4) is 0 Å². The van der Waals surface area contributed by atoms with E-state index in [4.69, 9.17) is 4.74 Å². The van der Waals surface area contributed by atoms with E-state index in [1.165, 1.54) is 0 Å². The van der Waals surface area contributed by atoms with Crippen molar-refractivity contribution in [2.45, 2.75) is 19.4 Å². The molecule has 1 aliphatic heterocycles. The molecule has 0 aromatic carbocycles. The molecule has 2 unspecified atom stereocenters. The number of aromatic nitrogens is 1. The largest absolute Gasteiger partial charge is 0.458 e. The van der Waals surface area contributed by atoms with Gasteiger partial charge in [0.1, 0.15) is 6.10 Å². The number of aryl methyl sites for hydroxylation is 1. The maximum absolute atomic E-state index is 11.8. The number of pyridine rings is 1. The van der Waals surface area contributed by atoms with Crippen molar-refractivity contribution in [3.63, 3.8) is 0 Å². The molecule has 2 heterocycles. The van der Waals surface area contributed by atoms with E-state index in [1.807, 2.05) is 6.92 Å². The van der Waals surface area contributed by atoms with E-state index in [2.05, 4.69) is 10.9 Å². The highest BCUT2D eigenvalue weighted by molar-refractivity contribution is 8.00. The van der Waals surface area contributed by atoms with Gasteiger partial charge < -0.3 is 4.74 Å². The van der Waals surface area contributed by atoms with Crippen molar-refractivity contribution in [3.05, 3.63) is 29.6 Å². The lowest BCUT2D eigenvalue weighted by atomic mass is 10.2. The lowest BCUT2D eigenvalue weighted by Gasteiger charge is -2.10. The van der Waals surface area contributed by atoms with Crippen molar-refractivity contribution >= 4 is 21.4 Å². The second kappa shape index (κ2) is 4.49. The van der Waals surface area contributed by atoms with Gasteiger partial charge in [-0.3, -0.25) is 9.19 Å². The summed E-state index contributed by atoms with van der Waals surface area (Å²) in [5, 5.41) is 0. The van der Waals surface area contributed by atoms with E-state index in [-0.39, 0.29) is 12.1 Å². The maximum atomic E-state index is 11.8. The van der Waals surface area contributed by atoms with Crippen LogP contribution in [0.15, 0.2) is 18.3 Å². The van der Waals surface area contributed by atoms with Gasteiger partial charge in [0, 0.05) is 17.6 Å². The molecule has 0 amide bonds. The molecule has 5 heteroatoms. The fourth-order valence-electron chi connectivity index (χ4n) is 1.84. The van der Waals surface area contributed by atoms with Gasteiger partial charge >= 0.3 is 5.97 Å². The molecule has 1 aromatic heterocycles. The first kappa shape index (κ1) is 12.1. The zero-order valence-electron chi connectivity index (χ0n) is 9.72. The van der Waals surface area contributed by atoms with E-state index < -0.39 is 9.52 Å². The van der Waals surface area contributed by atoms with Gasteiger partial charge in [-0.05, 0) is 40.9 Å². The molecule has 0 N–H and O–H groups in total. The van der Waals surface area contributed by atoms with Crippen LogP contribution in [0.4, 0.5) is 0 Å². The first-order valence-corrected chi connectivity index (χ1v) is 7.49. The molecule has 0 bridgehead atoms. The first-order valence-electron chi connectivity index (χ1n) is 5.42. The Balaban J connectivity index is 2.03. The molecule has 2 atom stereocenters. The number of carbonyl (C=O) groups excluding carboxylic acids is 1. The van der Waals surface area contributed by atoms with E-state index in [1.54, 1.807) is 18.3 Å². The summed E-state index contributed by atoms with van der Waals surface area (Å²) < 4.78 is 17.0. The Hall–Kier alpha value is -1.36. The summed E-state index contributed by atoms with van der Waals surface area (Å²) in [7, 11) is -2.02. The summed E-state index contributed by atoms with van der Waals surface area (Å²) in [6.07, 6.45) is 1.95. The Labute approximate surface area is 101 Å². The summed E-state index contributed by atoms with van der Waals surface area (Å²) in [4.78, 5) is 15.8. The minimum atomic E-state index is -2.02. The van der Waals surface area contributed by atoms with Gasteiger partial charge in [-0.2, -0.15) is 0 Å². The van der Waals surface area contributed by atoms with E-state index in [0.717, 1.165) is 5.69 Å². The Bertz CT molecular complexity index is 536. The van der Waals surface area contributed by atoms with Crippen LogP contribution < -0.4 is 0 Å². The summed E-state index contributed by atoms with van der Waals surface area (Å²) in [6, 6.07) is 3.30. The molecule has 0 radical (unpaired) electrons. The molecule has 1 aromatic rings. The standard InChI is InChI=1S/C12H15NO3S/c1-9-7-10(3-5-13-9)12(14)16-11-4-6-17(2,15)8-11/h3,5,7,11H,2,4,6,8H2,1H3. The SMILES string of the molecule is C=S1(=O)CCC(OC(=O)c2ccnc(C)c2)C1. The van der Waals surface area contributed by atoms with Crippen molar-refractivity contribution < 1.29 is 13.7 Å². The van der Waals surface area contributed by atoms with Crippen molar-refractivity contribution in [1.82, 2.24) is 4.98 Å². The molecule has 1 fully saturated rings. The van der Waals surface area contributed by atoms with Crippen molar-refractivity contribution in [1.29, 1.82) is 0 Å². The number of hydrogen-bond acceptors (Lipinski definition) is 4. The van der Waals surface area contributed by atoms with Crippen LogP contribution in [-0.4, -0.2) is 38.6 Å². The third kappa shape index (κ3) is 3.06. The van der Waals surface area contributed by atoms with Gasteiger partial charge in [-0.15, -0.1) is 0 Å². The monoisotopic (exact) mass is 253 g/mol. The quantitative estimate of drug-likeness (QED) is 0.583. The van der Waals surface area contributed by atoms with E-state index >= 15 is 0 Å². The van der Waals surface area contributed by atoms with Crippen LogP contribution in [0.25, 0.3) is 0 Å². The minimum absolute atomic E-state index is 0.263. The number of carbonyl (C=O) groups is 1. The number of ether oxygens (including phenoxy) is 1. The maximum Gasteiger partial charge on any atom is 0.338 e. The second-order valence-electron chi connectivity index (χ2n) is 4.34. The van der Waals surface area contributed by atoms with Crippen LogP contribution in [0.3, 0.4) is 0 Å². The number of rotatable bonds is 2. The Morgan fingerprint density at radius 3 is 3.00 bits per heavy atom. The van der Waals surface area contributed by atoms with Gasteiger partial charge in [-0.25, -0.2) is 4.79 Å². The fourth-order valence-corrected chi connectivity index (χ4v) is 3.61. The Morgan fingerprint density at radius 1 is 1.65 bits per heavy atom. The zero-order chi connectivity index (χ0) is 12.5. The van der Waals surface area contributed by atoms with Crippen LogP contribution >= 0.6 is 0 Å². The average molecular weight is 253 g/mol. The van der Waals surface area contributed by atoms with Gasteiger partial charge in [-0.1, -0.05) is 0 Å². The first-order chi connectivity index (χ1) is 7.96. The van der Waals surface area contributed by atoms with Crippen LogP contribution in [0.2, 0.25) is 0 Å². The number of hydrogen-bond donors (Lipinski definition) is 0. The molecule has 17 heavy (non-hydrogen) atoms. The normalized spacial score (nSPS) is 27.9. The lowest BCUT2D eigenvalue weighted by Crippen LogP contribution is -2.19. The predicted molar refractivity (Wildman–Crippen MR) is 67.8 cm³/mol. The number of nitrogens with zero attached hydrogens (tertiary/aromatic N) is 1. The van der Waals surface area contributed by atoms with Gasteiger partial charge in [0.15, 0.2) is 0 Å². The molecule has 0 aliphatic carbocycles. The van der Waals surface area contributed by atoms with Gasteiger partial charge in [0.05, 0.1) is 11.3 Å². The highest BCUT2D eigenvalue weighted by atomic mass is 32.2. The molecular formula is C12H15NO3S. The molecule has 1 saturated heterocycles. The van der Waals surface area contributed by atoms with E-state index in [0.29, 0.717) is 23.5 Å². The topological polar surface area (TPSA) is 56.3 Å². The highest BCUT2D eigenvalue weighted by Crippen LogP contribution is 2.16. The molecule has 4 nitrogen and oxygen atoms in total. The lowest BCUT2D eigenvalue weighted by molar-refractivity contribution is 0.0356. The zero-order valence-corrected chi connectivity index (χ0v) is 10.5.